The van der Waals surface area contributed by atoms with Gasteiger partial charge in [-0.15, -0.1) is 0 Å². The van der Waals surface area contributed by atoms with Crippen molar-refractivity contribution in [2.24, 2.45) is 0 Å². The molecule has 0 aliphatic rings. The quantitative estimate of drug-likeness (QED) is 0.775. The molecule has 0 heterocycles. The van der Waals surface area contributed by atoms with Gasteiger partial charge >= 0.3 is 0 Å². The normalized spacial score (nSPS) is 10.7. The summed E-state index contributed by atoms with van der Waals surface area (Å²) in [6.45, 7) is 7.76. The Bertz CT molecular complexity index is 610. The number of hydrogen-bond donors (Lipinski definition) is 1. The minimum Gasteiger partial charge on any atom is -0.457 e. The molecule has 0 fully saturated rings. The smallest absolute Gasteiger partial charge is 0.130 e. The zero-order valence-corrected chi connectivity index (χ0v) is 12.9. The van der Waals surface area contributed by atoms with Crippen molar-refractivity contribution >= 4 is 0 Å². The lowest BCUT2D eigenvalue weighted by atomic mass is 10.1. The van der Waals surface area contributed by atoms with Gasteiger partial charge < -0.3 is 10.1 Å². The number of hydrogen-bond acceptors (Lipinski definition) is 2. The number of ether oxygens (including phenoxy) is 1. The number of rotatable bonds is 6. The molecule has 0 amide bonds. The van der Waals surface area contributed by atoms with E-state index in [1.165, 1.54) is 17.7 Å². The van der Waals surface area contributed by atoms with Crippen molar-refractivity contribution in [2.75, 3.05) is 6.54 Å². The molecular weight excluding hydrogens is 265 g/mol. The molecule has 0 saturated heterocycles. The average molecular weight is 287 g/mol. The van der Waals surface area contributed by atoms with Gasteiger partial charge in [-0.3, -0.25) is 0 Å². The Morgan fingerprint density at radius 2 is 1.81 bits per heavy atom. The molecule has 0 aromatic heterocycles. The van der Waals surface area contributed by atoms with Crippen molar-refractivity contribution in [3.05, 3.63) is 58.9 Å². The fraction of sp³-hybridized carbons (Fsp3) is 0.333. The van der Waals surface area contributed by atoms with Gasteiger partial charge in [0, 0.05) is 12.6 Å². The molecule has 2 nitrogen and oxygen atoms in total. The van der Waals surface area contributed by atoms with Crippen LogP contribution in [0.25, 0.3) is 0 Å². The second kappa shape index (κ2) is 7.23. The first kappa shape index (κ1) is 15.5. The van der Waals surface area contributed by atoms with Crippen LogP contribution in [0.4, 0.5) is 4.39 Å². The van der Waals surface area contributed by atoms with Gasteiger partial charge in [-0.1, -0.05) is 13.0 Å². The maximum Gasteiger partial charge on any atom is 0.130 e. The average Bonchev–Trinajstić information content (AvgIpc) is 2.43. The molecule has 2 aromatic rings. The summed E-state index contributed by atoms with van der Waals surface area (Å²) in [5.74, 6) is 0.993. The van der Waals surface area contributed by atoms with Crippen LogP contribution in [0.2, 0.25) is 0 Å². The summed E-state index contributed by atoms with van der Waals surface area (Å²) >= 11 is 0. The highest BCUT2D eigenvalue weighted by Gasteiger charge is 2.04. The summed E-state index contributed by atoms with van der Waals surface area (Å²) < 4.78 is 19.4. The largest absolute Gasteiger partial charge is 0.457 e. The van der Waals surface area contributed by atoms with Gasteiger partial charge in [0.25, 0.3) is 0 Å². The molecule has 0 saturated carbocycles. The number of halogens is 1. The molecule has 0 unspecified atom stereocenters. The van der Waals surface area contributed by atoms with E-state index in [1.807, 2.05) is 31.2 Å². The van der Waals surface area contributed by atoms with Gasteiger partial charge in [0.2, 0.25) is 0 Å². The van der Waals surface area contributed by atoms with Crippen molar-refractivity contribution in [3.8, 4) is 11.5 Å². The molecule has 2 rings (SSSR count). The van der Waals surface area contributed by atoms with Crippen molar-refractivity contribution in [1.82, 2.24) is 5.32 Å². The predicted molar refractivity (Wildman–Crippen MR) is 84.4 cm³/mol. The van der Waals surface area contributed by atoms with E-state index in [9.17, 15) is 4.39 Å². The summed E-state index contributed by atoms with van der Waals surface area (Å²) in [6, 6.07) is 10.7. The maximum absolute atomic E-state index is 13.7. The Kier molecular flexibility index (Phi) is 5.34. The fourth-order valence-corrected chi connectivity index (χ4v) is 2.10. The predicted octanol–water partition coefficient (Wildman–Crippen LogP) is 4.73. The first-order valence-corrected chi connectivity index (χ1v) is 7.34. The van der Waals surface area contributed by atoms with E-state index >= 15 is 0 Å². The molecule has 0 spiro atoms. The van der Waals surface area contributed by atoms with Crippen LogP contribution in [-0.4, -0.2) is 6.54 Å². The summed E-state index contributed by atoms with van der Waals surface area (Å²) in [5.41, 5.74) is 3.27. The zero-order chi connectivity index (χ0) is 15.2. The van der Waals surface area contributed by atoms with Crippen molar-refractivity contribution in [1.29, 1.82) is 0 Å². The molecule has 0 aliphatic heterocycles. The van der Waals surface area contributed by atoms with Crippen LogP contribution in [0.5, 0.6) is 11.5 Å². The first-order chi connectivity index (χ1) is 10.1. The van der Waals surface area contributed by atoms with Gasteiger partial charge in [0.05, 0.1) is 0 Å². The Labute approximate surface area is 126 Å². The van der Waals surface area contributed by atoms with Gasteiger partial charge in [-0.2, -0.15) is 0 Å². The lowest BCUT2D eigenvalue weighted by Crippen LogP contribution is -2.13. The second-order valence-electron chi connectivity index (χ2n) is 5.32. The third-order valence-electron chi connectivity index (χ3n) is 3.40. The third kappa shape index (κ3) is 4.57. The molecule has 112 valence electrons. The first-order valence-electron chi connectivity index (χ1n) is 7.34. The van der Waals surface area contributed by atoms with Crippen molar-refractivity contribution < 1.29 is 9.13 Å². The summed E-state index contributed by atoms with van der Waals surface area (Å²) in [5, 5.41) is 3.26. The minimum atomic E-state index is -0.273. The van der Waals surface area contributed by atoms with E-state index in [0.29, 0.717) is 12.3 Å². The summed E-state index contributed by atoms with van der Waals surface area (Å²) in [4.78, 5) is 0. The topological polar surface area (TPSA) is 21.3 Å². The standard InChI is InChI=1S/C18H22FNO/c1-4-7-20-12-15-9-16(19)11-18(10-15)21-17-6-5-13(2)14(3)8-17/h5-6,8-11,20H,4,7,12H2,1-3H3. The Morgan fingerprint density at radius 3 is 2.52 bits per heavy atom. The number of aryl methyl sites for hydroxylation is 2. The second-order valence-corrected chi connectivity index (χ2v) is 5.32. The Balaban J connectivity index is 2.13. The van der Waals surface area contributed by atoms with E-state index in [0.717, 1.165) is 29.8 Å². The molecular formula is C18H22FNO. The molecule has 0 aliphatic carbocycles. The van der Waals surface area contributed by atoms with Crippen molar-refractivity contribution in [3.63, 3.8) is 0 Å². The third-order valence-corrected chi connectivity index (χ3v) is 3.40. The Morgan fingerprint density at radius 1 is 1.00 bits per heavy atom. The van der Waals surface area contributed by atoms with E-state index in [1.54, 1.807) is 0 Å². The van der Waals surface area contributed by atoms with Crippen LogP contribution in [0.15, 0.2) is 36.4 Å². The number of benzene rings is 2. The molecule has 0 radical (unpaired) electrons. The molecule has 2 aromatic carbocycles. The van der Waals surface area contributed by atoms with Crippen LogP contribution in [0, 0.1) is 19.7 Å². The molecule has 1 N–H and O–H groups in total. The number of nitrogens with one attached hydrogen (secondary N) is 1. The van der Waals surface area contributed by atoms with Gasteiger partial charge in [0.15, 0.2) is 0 Å². The van der Waals surface area contributed by atoms with Crippen LogP contribution >= 0.6 is 0 Å². The van der Waals surface area contributed by atoms with E-state index in [-0.39, 0.29) is 5.82 Å². The Hall–Kier alpha value is -1.87. The fourth-order valence-electron chi connectivity index (χ4n) is 2.10. The van der Waals surface area contributed by atoms with Crippen LogP contribution in [0.3, 0.4) is 0 Å². The molecule has 3 heteroatoms. The van der Waals surface area contributed by atoms with Gasteiger partial charge in [-0.05, 0) is 67.8 Å². The molecule has 0 bridgehead atoms. The lowest BCUT2D eigenvalue weighted by molar-refractivity contribution is 0.474. The highest BCUT2D eigenvalue weighted by Crippen LogP contribution is 2.25. The lowest BCUT2D eigenvalue weighted by Gasteiger charge is -2.10. The summed E-state index contributed by atoms with van der Waals surface area (Å²) in [7, 11) is 0. The zero-order valence-electron chi connectivity index (χ0n) is 12.9. The van der Waals surface area contributed by atoms with Gasteiger partial charge in [0.1, 0.15) is 17.3 Å². The van der Waals surface area contributed by atoms with Crippen molar-refractivity contribution in [2.45, 2.75) is 33.7 Å². The summed E-state index contributed by atoms with van der Waals surface area (Å²) in [6.07, 6.45) is 1.06. The molecule has 21 heavy (non-hydrogen) atoms. The maximum atomic E-state index is 13.7. The minimum absolute atomic E-state index is 0.273. The van der Waals surface area contributed by atoms with Gasteiger partial charge in [-0.25, -0.2) is 4.39 Å². The van der Waals surface area contributed by atoms with E-state index in [2.05, 4.69) is 19.2 Å². The monoisotopic (exact) mass is 287 g/mol. The van der Waals surface area contributed by atoms with E-state index in [4.69, 9.17) is 4.74 Å². The highest BCUT2D eigenvalue weighted by molar-refractivity contribution is 5.38. The molecule has 0 atom stereocenters. The van der Waals surface area contributed by atoms with E-state index < -0.39 is 0 Å². The van der Waals surface area contributed by atoms with Crippen LogP contribution in [-0.2, 0) is 6.54 Å². The van der Waals surface area contributed by atoms with Crippen LogP contribution < -0.4 is 10.1 Å². The SMILES string of the molecule is CCCNCc1cc(F)cc(Oc2ccc(C)c(C)c2)c1. The van der Waals surface area contributed by atoms with Crippen LogP contribution in [0.1, 0.15) is 30.0 Å². The highest BCUT2D eigenvalue weighted by atomic mass is 19.1.